The van der Waals surface area contributed by atoms with Crippen molar-refractivity contribution in [3.8, 4) is 0 Å². The summed E-state index contributed by atoms with van der Waals surface area (Å²) in [6, 6.07) is 10.5. The third-order valence-corrected chi connectivity index (χ3v) is 6.94. The molecule has 0 bridgehead atoms. The number of para-hydroxylation sites is 1. The molecular weight excluding hydrogens is 362 g/mol. The van der Waals surface area contributed by atoms with Crippen molar-refractivity contribution in [3.63, 3.8) is 0 Å². The summed E-state index contributed by atoms with van der Waals surface area (Å²) in [7, 11) is 0. The van der Waals surface area contributed by atoms with E-state index in [4.69, 9.17) is 0 Å². The summed E-state index contributed by atoms with van der Waals surface area (Å²) in [5.41, 5.74) is 5.95. The van der Waals surface area contributed by atoms with Crippen molar-refractivity contribution in [2.75, 3.05) is 6.54 Å². The van der Waals surface area contributed by atoms with E-state index in [9.17, 15) is 9.59 Å². The molecule has 6 rings (SSSR count). The minimum atomic E-state index is -0.0814. The molecule has 5 heteroatoms. The second-order valence-corrected chi connectivity index (χ2v) is 8.82. The molecule has 0 saturated heterocycles. The highest BCUT2D eigenvalue weighted by molar-refractivity contribution is 5.90. The zero-order chi connectivity index (χ0) is 19.5. The Hall–Kier alpha value is -2.82. The number of H-pyrrole nitrogens is 1. The van der Waals surface area contributed by atoms with Crippen LogP contribution in [0.5, 0.6) is 0 Å². The molecule has 1 saturated carbocycles. The second-order valence-electron chi connectivity index (χ2n) is 8.82. The van der Waals surface area contributed by atoms with E-state index in [-0.39, 0.29) is 17.4 Å². The average molecular weight is 387 g/mol. The monoisotopic (exact) mass is 387 g/mol. The van der Waals surface area contributed by atoms with E-state index in [1.54, 1.807) is 6.07 Å². The molecule has 3 heterocycles. The Morgan fingerprint density at radius 1 is 1.07 bits per heavy atom. The third-order valence-electron chi connectivity index (χ3n) is 6.94. The summed E-state index contributed by atoms with van der Waals surface area (Å²) in [5.74, 6) is 0.148. The van der Waals surface area contributed by atoms with Crippen molar-refractivity contribution in [1.29, 1.82) is 0 Å². The molecule has 1 aliphatic heterocycles. The molecule has 2 aliphatic carbocycles. The number of aryl methyl sites for hydroxylation is 1. The molecule has 5 nitrogen and oxygen atoms in total. The summed E-state index contributed by atoms with van der Waals surface area (Å²) in [5, 5.41) is 1.26. The highest BCUT2D eigenvalue weighted by atomic mass is 16.2. The Balaban J connectivity index is 1.31. The predicted molar refractivity (Wildman–Crippen MR) is 112 cm³/mol. The second kappa shape index (κ2) is 6.34. The number of aromatic amines is 1. The average Bonchev–Trinajstić information content (AvgIpc) is 3.52. The van der Waals surface area contributed by atoms with Crippen LogP contribution in [0.4, 0.5) is 0 Å². The van der Waals surface area contributed by atoms with Crippen LogP contribution in [0.25, 0.3) is 10.9 Å². The number of fused-ring (bicyclic) bond motifs is 4. The van der Waals surface area contributed by atoms with Crippen LogP contribution in [0.2, 0.25) is 0 Å². The van der Waals surface area contributed by atoms with Crippen molar-refractivity contribution in [1.82, 2.24) is 14.5 Å². The molecule has 0 radical (unpaired) electrons. The smallest absolute Gasteiger partial charge is 0.251 e. The summed E-state index contributed by atoms with van der Waals surface area (Å²) >= 11 is 0. The largest absolute Gasteiger partial charge is 0.357 e. The first-order valence-electron chi connectivity index (χ1n) is 10.8. The van der Waals surface area contributed by atoms with E-state index in [1.165, 1.54) is 10.9 Å². The zero-order valence-electron chi connectivity index (χ0n) is 16.5. The lowest BCUT2D eigenvalue weighted by molar-refractivity contribution is -0.134. The van der Waals surface area contributed by atoms with Gasteiger partial charge in [-0.25, -0.2) is 0 Å². The van der Waals surface area contributed by atoms with Gasteiger partial charge in [0.05, 0.1) is 5.92 Å². The molecular formula is C24H25N3O2. The molecule has 2 aromatic heterocycles. The minimum absolute atomic E-state index is 0.0814. The third kappa shape index (κ3) is 2.75. The van der Waals surface area contributed by atoms with Gasteiger partial charge in [0.25, 0.3) is 5.56 Å². The maximum absolute atomic E-state index is 13.5. The van der Waals surface area contributed by atoms with Crippen molar-refractivity contribution in [2.45, 2.75) is 57.0 Å². The van der Waals surface area contributed by atoms with Gasteiger partial charge in [-0.1, -0.05) is 18.2 Å². The molecule has 1 unspecified atom stereocenters. The van der Waals surface area contributed by atoms with Gasteiger partial charge in [0.1, 0.15) is 0 Å². The molecule has 3 aromatic rings. The predicted octanol–water partition coefficient (Wildman–Crippen LogP) is 3.67. The topological polar surface area (TPSA) is 58.1 Å². The SMILES string of the molecule is O=C(C1CCCc2c1[nH]c1ccccc21)N1CCc2cc(=O)n(C3CC3)cc2C1. The lowest BCUT2D eigenvalue weighted by atomic mass is 9.85. The number of hydrogen-bond acceptors (Lipinski definition) is 2. The number of amides is 1. The normalized spacial score (nSPS) is 21.1. The van der Waals surface area contributed by atoms with Crippen molar-refractivity contribution in [3.05, 3.63) is 69.3 Å². The summed E-state index contributed by atoms with van der Waals surface area (Å²) in [6.07, 6.45) is 7.97. The number of carbonyl (C=O) groups excluding carboxylic acids is 1. The molecule has 1 aromatic carbocycles. The highest BCUT2D eigenvalue weighted by Gasteiger charge is 2.34. The van der Waals surface area contributed by atoms with Crippen LogP contribution >= 0.6 is 0 Å². The van der Waals surface area contributed by atoms with Gasteiger partial charge in [0.15, 0.2) is 0 Å². The fourth-order valence-electron chi connectivity index (χ4n) is 5.25. The van der Waals surface area contributed by atoms with E-state index in [0.717, 1.165) is 60.9 Å². The molecule has 0 spiro atoms. The number of carbonyl (C=O) groups is 1. The Kier molecular flexibility index (Phi) is 3.73. The number of nitrogens with zero attached hydrogens (tertiary/aromatic N) is 2. The fourth-order valence-corrected chi connectivity index (χ4v) is 5.25. The van der Waals surface area contributed by atoms with Gasteiger partial charge in [0, 0.05) is 48.0 Å². The number of hydrogen-bond donors (Lipinski definition) is 1. The maximum Gasteiger partial charge on any atom is 0.251 e. The maximum atomic E-state index is 13.5. The van der Waals surface area contributed by atoms with E-state index in [2.05, 4.69) is 23.2 Å². The van der Waals surface area contributed by atoms with E-state index >= 15 is 0 Å². The van der Waals surface area contributed by atoms with Gasteiger partial charge in [-0.05, 0) is 61.3 Å². The summed E-state index contributed by atoms with van der Waals surface area (Å²) < 4.78 is 1.88. The summed E-state index contributed by atoms with van der Waals surface area (Å²) in [4.78, 5) is 31.4. The van der Waals surface area contributed by atoms with Crippen LogP contribution in [0.3, 0.4) is 0 Å². The zero-order valence-corrected chi connectivity index (χ0v) is 16.5. The van der Waals surface area contributed by atoms with Gasteiger partial charge >= 0.3 is 0 Å². The molecule has 1 fully saturated rings. The van der Waals surface area contributed by atoms with Gasteiger partial charge in [-0.15, -0.1) is 0 Å². The standard InChI is InChI=1S/C24H25N3O2/c28-22-12-15-10-11-26(13-16(15)14-27(22)17-8-9-17)24(29)20-6-3-5-19-18-4-1-2-7-21(18)25-23(19)20/h1-2,4,7,12,14,17,20,25H,3,5-6,8-11,13H2. The van der Waals surface area contributed by atoms with Crippen LogP contribution in [0.1, 0.15) is 60.0 Å². The summed E-state index contributed by atoms with van der Waals surface area (Å²) in [6.45, 7) is 1.32. The molecule has 148 valence electrons. The van der Waals surface area contributed by atoms with E-state index in [0.29, 0.717) is 19.1 Å². The highest BCUT2D eigenvalue weighted by Crippen LogP contribution is 2.38. The molecule has 1 amide bonds. The Labute approximate surface area is 169 Å². The van der Waals surface area contributed by atoms with E-state index < -0.39 is 0 Å². The Morgan fingerprint density at radius 3 is 2.79 bits per heavy atom. The minimum Gasteiger partial charge on any atom is -0.357 e. The van der Waals surface area contributed by atoms with Crippen LogP contribution in [0, 0.1) is 0 Å². The number of benzene rings is 1. The van der Waals surface area contributed by atoms with Gasteiger partial charge < -0.3 is 14.5 Å². The van der Waals surface area contributed by atoms with Gasteiger partial charge in [-0.3, -0.25) is 9.59 Å². The lowest BCUT2D eigenvalue weighted by Gasteiger charge is -2.33. The molecule has 29 heavy (non-hydrogen) atoms. The molecule has 1 atom stereocenters. The van der Waals surface area contributed by atoms with Crippen molar-refractivity contribution < 1.29 is 4.79 Å². The van der Waals surface area contributed by atoms with Gasteiger partial charge in [0.2, 0.25) is 5.91 Å². The lowest BCUT2D eigenvalue weighted by Crippen LogP contribution is -2.40. The van der Waals surface area contributed by atoms with Crippen LogP contribution in [-0.2, 0) is 24.2 Å². The first kappa shape index (κ1) is 17.1. The number of pyridine rings is 1. The van der Waals surface area contributed by atoms with E-state index in [1.807, 2.05) is 21.7 Å². The molecule has 3 aliphatic rings. The molecule has 1 N–H and O–H groups in total. The van der Waals surface area contributed by atoms with Crippen molar-refractivity contribution in [2.24, 2.45) is 0 Å². The van der Waals surface area contributed by atoms with Crippen LogP contribution < -0.4 is 5.56 Å². The first-order valence-corrected chi connectivity index (χ1v) is 10.8. The van der Waals surface area contributed by atoms with Crippen molar-refractivity contribution >= 4 is 16.8 Å². The number of nitrogens with one attached hydrogen (secondary N) is 1. The first-order chi connectivity index (χ1) is 14.2. The quantitative estimate of drug-likeness (QED) is 0.729. The Bertz CT molecular complexity index is 1180. The Morgan fingerprint density at radius 2 is 1.93 bits per heavy atom. The number of aromatic nitrogens is 2. The van der Waals surface area contributed by atoms with Crippen LogP contribution in [-0.4, -0.2) is 26.9 Å². The van der Waals surface area contributed by atoms with Crippen LogP contribution in [0.15, 0.2) is 41.3 Å². The number of rotatable bonds is 2. The fraction of sp³-hybridized carbons (Fsp3) is 0.417. The van der Waals surface area contributed by atoms with Gasteiger partial charge in [-0.2, -0.15) is 0 Å².